The van der Waals surface area contributed by atoms with Crippen molar-refractivity contribution in [2.24, 2.45) is 5.73 Å². The molecular weight excluding hydrogens is 649 g/mol. The van der Waals surface area contributed by atoms with Crippen molar-refractivity contribution in [3.05, 3.63) is 114 Å². The van der Waals surface area contributed by atoms with Gasteiger partial charge in [-0.25, -0.2) is 4.98 Å². The highest BCUT2D eigenvalue weighted by Gasteiger charge is 2.35. The third-order valence-electron chi connectivity index (χ3n) is 8.13. The van der Waals surface area contributed by atoms with Gasteiger partial charge in [0.1, 0.15) is 17.3 Å². The fraction of sp³-hybridized carbons (Fsp3) is 0.316. The number of aromatic nitrogens is 2. The summed E-state index contributed by atoms with van der Waals surface area (Å²) in [5, 5.41) is 2.84. The minimum absolute atomic E-state index is 0.251. The van der Waals surface area contributed by atoms with E-state index in [1.54, 1.807) is 26.4 Å². The molecule has 1 amide bonds. The molecule has 1 atom stereocenters. The highest BCUT2D eigenvalue weighted by molar-refractivity contribution is 5.94. The summed E-state index contributed by atoms with van der Waals surface area (Å²) in [5.74, 6) is 0.807. The number of alkyl halides is 3. The number of benzene rings is 3. The van der Waals surface area contributed by atoms with Crippen molar-refractivity contribution >= 4 is 5.91 Å². The van der Waals surface area contributed by atoms with Crippen LogP contribution < -0.4 is 20.5 Å². The van der Waals surface area contributed by atoms with Crippen molar-refractivity contribution in [2.75, 3.05) is 53.7 Å². The molecule has 4 aromatic rings. The molecule has 0 radical (unpaired) electrons. The van der Waals surface area contributed by atoms with Crippen molar-refractivity contribution in [3.63, 3.8) is 0 Å². The van der Waals surface area contributed by atoms with E-state index in [1.807, 2.05) is 65.2 Å². The Bertz CT molecular complexity index is 1800. The van der Waals surface area contributed by atoms with Crippen LogP contribution in [0.4, 0.5) is 13.2 Å². The highest BCUT2D eigenvalue weighted by Crippen LogP contribution is 2.41. The van der Waals surface area contributed by atoms with E-state index < -0.39 is 17.7 Å². The number of nitrogens with two attached hydrogens (primary N) is 1. The third kappa shape index (κ3) is 9.20. The van der Waals surface area contributed by atoms with Crippen LogP contribution in [0.1, 0.15) is 34.1 Å². The number of hydrogen-bond donors (Lipinski definition) is 2. The van der Waals surface area contributed by atoms with Crippen LogP contribution in [0.15, 0.2) is 96.6 Å². The molecule has 12 heteroatoms. The van der Waals surface area contributed by atoms with Gasteiger partial charge in [-0.3, -0.25) is 4.79 Å². The molecule has 1 aromatic heterocycles. The SMILES string of the molecule is COc1cccc(-c2nc(C3C=C(C(F)(F)F)C=CC3)n(Cc3ccc(C(=O)NCCOCCOCCN)cc3)c2-c2cccc(OC)c2)c1. The Morgan fingerprint density at radius 1 is 0.920 bits per heavy atom. The summed E-state index contributed by atoms with van der Waals surface area (Å²) in [7, 11) is 3.15. The zero-order valence-corrected chi connectivity index (χ0v) is 28.0. The zero-order chi connectivity index (χ0) is 35.5. The predicted octanol–water partition coefficient (Wildman–Crippen LogP) is 6.54. The third-order valence-corrected chi connectivity index (χ3v) is 8.13. The molecular formula is C38H41F3N4O5. The van der Waals surface area contributed by atoms with Crippen LogP contribution in [-0.4, -0.2) is 75.4 Å². The maximum absolute atomic E-state index is 13.9. The largest absolute Gasteiger partial charge is 0.497 e. The number of carbonyl (C=O) groups excluding carboxylic acids is 1. The molecule has 9 nitrogen and oxygen atoms in total. The quantitative estimate of drug-likeness (QED) is 0.129. The Balaban J connectivity index is 1.50. The number of methoxy groups -OCH3 is 2. The van der Waals surface area contributed by atoms with Gasteiger partial charge in [0.25, 0.3) is 5.91 Å². The van der Waals surface area contributed by atoms with Crippen molar-refractivity contribution in [2.45, 2.75) is 25.1 Å². The Kier molecular flexibility index (Phi) is 12.5. The second-order valence-electron chi connectivity index (χ2n) is 11.5. The number of amides is 1. The van der Waals surface area contributed by atoms with Gasteiger partial charge in [-0.2, -0.15) is 13.2 Å². The Morgan fingerprint density at radius 2 is 1.58 bits per heavy atom. The van der Waals surface area contributed by atoms with Crippen LogP contribution in [0, 0.1) is 0 Å². The molecule has 0 aliphatic heterocycles. The van der Waals surface area contributed by atoms with Crippen molar-refractivity contribution in [1.82, 2.24) is 14.9 Å². The molecule has 0 bridgehead atoms. The summed E-state index contributed by atoms with van der Waals surface area (Å²) in [5.41, 5.74) is 8.78. The number of imidazole rings is 1. The summed E-state index contributed by atoms with van der Waals surface area (Å²) >= 11 is 0. The zero-order valence-electron chi connectivity index (χ0n) is 28.0. The topological polar surface area (TPSA) is 110 Å². The molecule has 1 heterocycles. The van der Waals surface area contributed by atoms with Gasteiger partial charge < -0.3 is 34.6 Å². The van der Waals surface area contributed by atoms with E-state index in [-0.39, 0.29) is 12.5 Å². The van der Waals surface area contributed by atoms with Gasteiger partial charge in [-0.05, 0) is 48.4 Å². The number of ether oxygens (including phenoxy) is 4. The van der Waals surface area contributed by atoms with Crippen LogP contribution in [0.25, 0.3) is 22.5 Å². The molecule has 50 heavy (non-hydrogen) atoms. The van der Waals surface area contributed by atoms with Crippen LogP contribution >= 0.6 is 0 Å². The van der Waals surface area contributed by atoms with E-state index in [0.29, 0.717) is 80.2 Å². The molecule has 3 aromatic carbocycles. The molecule has 5 rings (SSSR count). The molecule has 264 valence electrons. The first-order valence-electron chi connectivity index (χ1n) is 16.3. The van der Waals surface area contributed by atoms with E-state index in [0.717, 1.165) is 22.8 Å². The number of halogens is 3. The number of nitrogens with one attached hydrogen (secondary N) is 1. The summed E-state index contributed by atoms with van der Waals surface area (Å²) in [6.45, 7) is 2.70. The molecule has 1 aliphatic carbocycles. The molecule has 0 saturated carbocycles. The van der Waals surface area contributed by atoms with Crippen LogP contribution in [0.3, 0.4) is 0 Å². The average molecular weight is 691 g/mol. The lowest BCUT2D eigenvalue weighted by Gasteiger charge is -2.21. The van der Waals surface area contributed by atoms with E-state index in [1.165, 1.54) is 12.2 Å². The predicted molar refractivity (Wildman–Crippen MR) is 185 cm³/mol. The van der Waals surface area contributed by atoms with Crippen molar-refractivity contribution < 1.29 is 36.9 Å². The average Bonchev–Trinajstić information content (AvgIpc) is 3.51. The normalized spacial score (nSPS) is 14.4. The fourth-order valence-electron chi connectivity index (χ4n) is 5.69. The first-order chi connectivity index (χ1) is 24.2. The molecule has 0 spiro atoms. The van der Waals surface area contributed by atoms with Gasteiger partial charge in [0.05, 0.1) is 57.6 Å². The molecule has 3 N–H and O–H groups in total. The minimum atomic E-state index is -4.50. The van der Waals surface area contributed by atoms with Crippen LogP contribution in [0.2, 0.25) is 0 Å². The smallest absolute Gasteiger partial charge is 0.416 e. The summed E-state index contributed by atoms with van der Waals surface area (Å²) in [6, 6.07) is 22.0. The molecule has 0 saturated heterocycles. The monoisotopic (exact) mass is 690 g/mol. The van der Waals surface area contributed by atoms with E-state index in [4.69, 9.17) is 29.7 Å². The lowest BCUT2D eigenvalue weighted by molar-refractivity contribution is -0.0887. The maximum atomic E-state index is 13.9. The maximum Gasteiger partial charge on any atom is 0.416 e. The molecule has 0 fully saturated rings. The van der Waals surface area contributed by atoms with Gasteiger partial charge in [0, 0.05) is 42.2 Å². The first-order valence-corrected chi connectivity index (χ1v) is 16.3. The van der Waals surface area contributed by atoms with Gasteiger partial charge >= 0.3 is 6.18 Å². The van der Waals surface area contributed by atoms with Crippen LogP contribution in [-0.2, 0) is 16.0 Å². The lowest BCUT2D eigenvalue weighted by Crippen LogP contribution is -2.27. The standard InChI is InChI=1S/C38H41F3N4O5/c1-47-32-10-4-6-28(23-32)34-35(29-7-5-11-33(24-29)48-2)45(36(44-34)30-8-3-9-31(22-30)38(39,40)41)25-26-12-14-27(15-13-26)37(46)43-17-19-50-21-20-49-18-16-42/h3-7,9-15,22-24,30H,8,16-21,25,42H2,1-2H3,(H,43,46). The highest BCUT2D eigenvalue weighted by atomic mass is 19.4. The number of rotatable bonds is 16. The summed E-state index contributed by atoms with van der Waals surface area (Å²) in [4.78, 5) is 17.9. The van der Waals surface area contributed by atoms with Crippen molar-refractivity contribution in [3.8, 4) is 34.0 Å². The van der Waals surface area contributed by atoms with E-state index >= 15 is 0 Å². The van der Waals surface area contributed by atoms with Crippen molar-refractivity contribution in [1.29, 1.82) is 0 Å². The number of hydrogen-bond acceptors (Lipinski definition) is 7. The molecule has 1 unspecified atom stereocenters. The van der Waals surface area contributed by atoms with E-state index in [2.05, 4.69) is 5.32 Å². The minimum Gasteiger partial charge on any atom is -0.497 e. The Morgan fingerprint density at radius 3 is 2.24 bits per heavy atom. The first kappa shape index (κ1) is 36.4. The van der Waals surface area contributed by atoms with Crippen LogP contribution in [0.5, 0.6) is 11.5 Å². The summed E-state index contributed by atoms with van der Waals surface area (Å²) in [6.07, 6.45) is -0.261. The van der Waals surface area contributed by atoms with Gasteiger partial charge in [0.15, 0.2) is 0 Å². The lowest BCUT2D eigenvalue weighted by atomic mass is 9.95. The Hall–Kier alpha value is -4.91. The number of carbonyl (C=O) groups is 1. The fourth-order valence-corrected chi connectivity index (χ4v) is 5.69. The van der Waals surface area contributed by atoms with E-state index in [9.17, 15) is 18.0 Å². The second kappa shape index (κ2) is 17.1. The van der Waals surface area contributed by atoms with Gasteiger partial charge in [0.2, 0.25) is 0 Å². The second-order valence-corrected chi connectivity index (χ2v) is 11.5. The number of nitrogens with zero attached hydrogens (tertiary/aromatic N) is 2. The Labute approximate surface area is 289 Å². The molecule has 1 aliphatic rings. The van der Waals surface area contributed by atoms with Gasteiger partial charge in [-0.15, -0.1) is 0 Å². The van der Waals surface area contributed by atoms with Gasteiger partial charge in [-0.1, -0.05) is 54.6 Å². The summed E-state index contributed by atoms with van der Waals surface area (Å²) < 4.78 is 65.5. The number of allylic oxidation sites excluding steroid dienone is 4.